The summed E-state index contributed by atoms with van der Waals surface area (Å²) in [7, 11) is 0. The molecule has 0 bridgehead atoms. The van der Waals surface area contributed by atoms with E-state index in [0.29, 0.717) is 5.95 Å². The molecule has 3 rings (SSSR count). The maximum absolute atomic E-state index is 4.73. The number of rotatable bonds is 5. The Labute approximate surface area is 149 Å². The number of hydrogen-bond donors (Lipinski definition) is 1. The largest absolute Gasteiger partial charge is 0.340 e. The first-order chi connectivity index (χ1) is 12.0. The van der Waals surface area contributed by atoms with Crippen molar-refractivity contribution in [2.24, 2.45) is 0 Å². The van der Waals surface area contributed by atoms with Gasteiger partial charge in [-0.15, -0.1) is 0 Å². The van der Waals surface area contributed by atoms with Crippen LogP contribution in [0, 0.1) is 20.8 Å². The first-order valence-corrected chi connectivity index (χ1v) is 8.59. The van der Waals surface area contributed by atoms with Gasteiger partial charge >= 0.3 is 0 Å². The summed E-state index contributed by atoms with van der Waals surface area (Å²) in [5.41, 5.74) is 5.52. The van der Waals surface area contributed by atoms with Crippen LogP contribution in [0.1, 0.15) is 23.7 Å². The highest BCUT2D eigenvalue weighted by Crippen LogP contribution is 2.25. The standard InChI is InChI=1S/C21H24N4/c1-5-25(19-8-6-7-16(3)13-19)21-22-17(4)14-20(24-21)23-18-11-9-15(2)10-12-18/h6-14H,5H2,1-4H3,(H,22,23,24). The minimum Gasteiger partial charge on any atom is -0.340 e. The molecular weight excluding hydrogens is 308 g/mol. The normalized spacial score (nSPS) is 10.6. The SMILES string of the molecule is CCN(c1cccc(C)c1)c1nc(C)cc(Nc2ccc(C)cc2)n1. The zero-order chi connectivity index (χ0) is 17.8. The van der Waals surface area contributed by atoms with Gasteiger partial charge in [-0.25, -0.2) is 4.98 Å². The van der Waals surface area contributed by atoms with Crippen molar-refractivity contribution >= 4 is 23.1 Å². The molecule has 4 heteroatoms. The maximum atomic E-state index is 4.73. The molecule has 0 atom stereocenters. The van der Waals surface area contributed by atoms with Crippen LogP contribution in [0.5, 0.6) is 0 Å². The average molecular weight is 332 g/mol. The molecule has 1 N–H and O–H groups in total. The van der Waals surface area contributed by atoms with Gasteiger partial charge in [-0.05, 0) is 57.5 Å². The summed E-state index contributed by atoms with van der Waals surface area (Å²) in [4.78, 5) is 11.5. The third-order valence-electron chi connectivity index (χ3n) is 4.04. The van der Waals surface area contributed by atoms with E-state index in [9.17, 15) is 0 Å². The van der Waals surface area contributed by atoms with Gasteiger partial charge < -0.3 is 10.2 Å². The van der Waals surface area contributed by atoms with Gasteiger partial charge in [0, 0.05) is 29.7 Å². The van der Waals surface area contributed by atoms with E-state index in [2.05, 4.69) is 84.5 Å². The molecule has 0 aliphatic rings. The summed E-state index contributed by atoms with van der Waals surface area (Å²) in [5.74, 6) is 1.51. The molecular formula is C21H24N4. The van der Waals surface area contributed by atoms with E-state index in [0.717, 1.165) is 29.4 Å². The van der Waals surface area contributed by atoms with E-state index >= 15 is 0 Å². The van der Waals surface area contributed by atoms with Gasteiger partial charge in [0.1, 0.15) is 5.82 Å². The minimum atomic E-state index is 0.711. The number of nitrogens with one attached hydrogen (secondary N) is 1. The fourth-order valence-corrected chi connectivity index (χ4v) is 2.76. The molecule has 0 aliphatic heterocycles. The lowest BCUT2D eigenvalue weighted by Gasteiger charge is -2.22. The monoisotopic (exact) mass is 332 g/mol. The van der Waals surface area contributed by atoms with E-state index in [-0.39, 0.29) is 0 Å². The highest BCUT2D eigenvalue weighted by atomic mass is 15.3. The summed E-state index contributed by atoms with van der Waals surface area (Å²) >= 11 is 0. The molecule has 1 aromatic heterocycles. The van der Waals surface area contributed by atoms with Crippen molar-refractivity contribution < 1.29 is 0 Å². The lowest BCUT2D eigenvalue weighted by atomic mass is 10.2. The summed E-state index contributed by atoms with van der Waals surface area (Å²) in [6, 6.07) is 18.7. The van der Waals surface area contributed by atoms with Gasteiger partial charge in [0.15, 0.2) is 0 Å². The molecule has 0 amide bonds. The van der Waals surface area contributed by atoms with Crippen molar-refractivity contribution in [3.8, 4) is 0 Å². The molecule has 0 fully saturated rings. The number of aryl methyl sites for hydroxylation is 3. The van der Waals surface area contributed by atoms with E-state index < -0.39 is 0 Å². The predicted molar refractivity (Wildman–Crippen MR) is 105 cm³/mol. The van der Waals surface area contributed by atoms with Crippen molar-refractivity contribution in [2.45, 2.75) is 27.7 Å². The summed E-state index contributed by atoms with van der Waals surface area (Å²) in [6.45, 7) is 9.09. The van der Waals surface area contributed by atoms with Crippen LogP contribution in [0.4, 0.5) is 23.1 Å². The van der Waals surface area contributed by atoms with Crippen LogP contribution in [0.15, 0.2) is 54.6 Å². The Kier molecular flexibility index (Phi) is 4.98. The van der Waals surface area contributed by atoms with Crippen LogP contribution < -0.4 is 10.2 Å². The van der Waals surface area contributed by atoms with Gasteiger partial charge in [-0.1, -0.05) is 29.8 Å². The quantitative estimate of drug-likeness (QED) is 0.688. The molecule has 0 aliphatic carbocycles. The molecule has 0 radical (unpaired) electrons. The Morgan fingerprint density at radius 1 is 0.880 bits per heavy atom. The molecule has 0 saturated heterocycles. The van der Waals surface area contributed by atoms with Gasteiger partial charge in [-0.2, -0.15) is 4.98 Å². The Hall–Kier alpha value is -2.88. The van der Waals surface area contributed by atoms with Gasteiger partial charge in [0.25, 0.3) is 0 Å². The van der Waals surface area contributed by atoms with Crippen molar-refractivity contribution in [3.05, 3.63) is 71.4 Å². The maximum Gasteiger partial charge on any atom is 0.232 e. The van der Waals surface area contributed by atoms with Crippen LogP contribution in [0.2, 0.25) is 0 Å². The lowest BCUT2D eigenvalue weighted by Crippen LogP contribution is -2.19. The Morgan fingerprint density at radius 2 is 1.64 bits per heavy atom. The topological polar surface area (TPSA) is 41.1 Å². The Bertz CT molecular complexity index is 856. The first kappa shape index (κ1) is 17.0. The second-order valence-corrected chi connectivity index (χ2v) is 6.27. The van der Waals surface area contributed by atoms with Gasteiger partial charge in [0.05, 0.1) is 0 Å². The molecule has 3 aromatic rings. The van der Waals surface area contributed by atoms with E-state index in [1.165, 1.54) is 11.1 Å². The van der Waals surface area contributed by atoms with E-state index in [1.807, 2.05) is 13.0 Å². The molecule has 25 heavy (non-hydrogen) atoms. The third-order valence-corrected chi connectivity index (χ3v) is 4.04. The summed E-state index contributed by atoms with van der Waals surface area (Å²) in [5, 5.41) is 3.38. The molecule has 0 spiro atoms. The molecule has 1 heterocycles. The molecule has 0 unspecified atom stereocenters. The molecule has 128 valence electrons. The van der Waals surface area contributed by atoms with Crippen molar-refractivity contribution in [2.75, 3.05) is 16.8 Å². The number of anilines is 4. The van der Waals surface area contributed by atoms with Crippen molar-refractivity contribution in [3.63, 3.8) is 0 Å². The van der Waals surface area contributed by atoms with Crippen molar-refractivity contribution in [1.29, 1.82) is 0 Å². The van der Waals surface area contributed by atoms with Crippen LogP contribution >= 0.6 is 0 Å². The molecule has 2 aromatic carbocycles. The average Bonchev–Trinajstić information content (AvgIpc) is 2.57. The van der Waals surface area contributed by atoms with Gasteiger partial charge in [-0.3, -0.25) is 0 Å². The fraction of sp³-hybridized carbons (Fsp3) is 0.238. The number of benzene rings is 2. The van der Waals surface area contributed by atoms with E-state index in [1.54, 1.807) is 0 Å². The number of hydrogen-bond acceptors (Lipinski definition) is 4. The first-order valence-electron chi connectivity index (χ1n) is 8.59. The van der Waals surface area contributed by atoms with Crippen LogP contribution in [-0.2, 0) is 0 Å². The predicted octanol–water partition coefficient (Wildman–Crippen LogP) is 5.30. The lowest BCUT2D eigenvalue weighted by molar-refractivity contribution is 0.935. The van der Waals surface area contributed by atoms with Crippen molar-refractivity contribution in [1.82, 2.24) is 9.97 Å². The fourth-order valence-electron chi connectivity index (χ4n) is 2.76. The number of aromatic nitrogens is 2. The number of nitrogens with zero attached hydrogens (tertiary/aromatic N) is 3. The Balaban J connectivity index is 1.93. The second kappa shape index (κ2) is 7.34. The Morgan fingerprint density at radius 3 is 2.32 bits per heavy atom. The highest BCUT2D eigenvalue weighted by Gasteiger charge is 2.12. The zero-order valence-corrected chi connectivity index (χ0v) is 15.2. The highest BCUT2D eigenvalue weighted by molar-refractivity contribution is 5.62. The molecule has 4 nitrogen and oxygen atoms in total. The summed E-state index contributed by atoms with van der Waals surface area (Å²) in [6.07, 6.45) is 0. The van der Waals surface area contributed by atoms with Crippen LogP contribution in [0.25, 0.3) is 0 Å². The van der Waals surface area contributed by atoms with Gasteiger partial charge in [0.2, 0.25) is 5.95 Å². The minimum absolute atomic E-state index is 0.711. The van der Waals surface area contributed by atoms with Crippen LogP contribution in [0.3, 0.4) is 0 Å². The van der Waals surface area contributed by atoms with Crippen LogP contribution in [-0.4, -0.2) is 16.5 Å². The third kappa shape index (κ3) is 4.15. The van der Waals surface area contributed by atoms with E-state index in [4.69, 9.17) is 4.98 Å². The molecule has 0 saturated carbocycles. The summed E-state index contributed by atoms with van der Waals surface area (Å²) < 4.78 is 0. The smallest absolute Gasteiger partial charge is 0.232 e. The zero-order valence-electron chi connectivity index (χ0n) is 15.2. The second-order valence-electron chi connectivity index (χ2n) is 6.27.